The van der Waals surface area contributed by atoms with Crippen LogP contribution in [0.25, 0.3) is 0 Å². The van der Waals surface area contributed by atoms with Crippen molar-refractivity contribution in [1.82, 2.24) is 4.98 Å². The first-order valence-electron chi connectivity index (χ1n) is 6.48. The van der Waals surface area contributed by atoms with Crippen LogP contribution in [0.3, 0.4) is 0 Å². The summed E-state index contributed by atoms with van der Waals surface area (Å²) >= 11 is 0. The number of nitrogens with one attached hydrogen (secondary N) is 1. The summed E-state index contributed by atoms with van der Waals surface area (Å²) in [5.41, 5.74) is 0.947. The number of anilines is 1. The second-order valence-corrected chi connectivity index (χ2v) is 4.91. The van der Waals surface area contributed by atoms with Gasteiger partial charge in [0.1, 0.15) is 11.9 Å². The zero-order valence-electron chi connectivity index (χ0n) is 10.8. The van der Waals surface area contributed by atoms with Crippen molar-refractivity contribution in [2.24, 2.45) is 0 Å². The molecule has 1 heterocycles. The van der Waals surface area contributed by atoms with E-state index in [9.17, 15) is 4.79 Å². The van der Waals surface area contributed by atoms with Crippen LogP contribution >= 0.6 is 0 Å². The third kappa shape index (κ3) is 2.04. The van der Waals surface area contributed by atoms with E-state index in [0.29, 0.717) is 11.4 Å². The molecule has 0 unspecified atom stereocenters. The molecular weight excluding hydrogens is 250 g/mol. The first-order valence-corrected chi connectivity index (χ1v) is 6.48. The van der Waals surface area contributed by atoms with E-state index in [4.69, 9.17) is 5.26 Å². The van der Waals surface area contributed by atoms with Crippen LogP contribution in [0.15, 0.2) is 48.7 Å². The minimum absolute atomic E-state index is 0.0844. The molecule has 0 spiro atoms. The molecule has 4 heteroatoms. The average Bonchev–Trinajstić information content (AvgIpc) is 3.30. The molecule has 98 valence electrons. The molecule has 1 saturated carbocycles. The van der Waals surface area contributed by atoms with Gasteiger partial charge in [0.2, 0.25) is 5.91 Å². The van der Waals surface area contributed by atoms with Gasteiger partial charge in [-0.1, -0.05) is 30.3 Å². The Hall–Kier alpha value is -2.67. The Morgan fingerprint density at radius 1 is 1.20 bits per heavy atom. The average molecular weight is 263 g/mol. The third-order valence-corrected chi connectivity index (χ3v) is 3.67. The summed E-state index contributed by atoms with van der Waals surface area (Å²) in [5.74, 6) is 0.251. The van der Waals surface area contributed by atoms with Gasteiger partial charge in [0, 0.05) is 6.20 Å². The molecule has 0 radical (unpaired) electrons. The molecule has 1 aliphatic rings. The van der Waals surface area contributed by atoms with Gasteiger partial charge in [-0.2, -0.15) is 5.26 Å². The molecule has 1 aliphatic carbocycles. The van der Waals surface area contributed by atoms with Gasteiger partial charge in [0.15, 0.2) is 0 Å². The predicted octanol–water partition coefficient (Wildman–Crippen LogP) is 2.62. The molecule has 1 aromatic carbocycles. The van der Waals surface area contributed by atoms with Gasteiger partial charge in [0.25, 0.3) is 0 Å². The first-order chi connectivity index (χ1) is 9.76. The molecule has 0 aliphatic heterocycles. The van der Waals surface area contributed by atoms with Crippen LogP contribution in [0.5, 0.6) is 0 Å². The van der Waals surface area contributed by atoms with E-state index in [1.165, 1.54) is 0 Å². The Labute approximate surface area is 117 Å². The van der Waals surface area contributed by atoms with Crippen molar-refractivity contribution in [3.63, 3.8) is 0 Å². The topological polar surface area (TPSA) is 65.8 Å². The van der Waals surface area contributed by atoms with Crippen LogP contribution in [0.2, 0.25) is 0 Å². The predicted molar refractivity (Wildman–Crippen MR) is 74.9 cm³/mol. The number of nitriles is 1. The second-order valence-electron chi connectivity index (χ2n) is 4.91. The Kier molecular flexibility index (Phi) is 2.96. The van der Waals surface area contributed by atoms with Crippen molar-refractivity contribution in [3.8, 4) is 6.07 Å². The van der Waals surface area contributed by atoms with Gasteiger partial charge in [-0.25, -0.2) is 4.98 Å². The van der Waals surface area contributed by atoms with Gasteiger partial charge >= 0.3 is 0 Å². The van der Waals surface area contributed by atoms with Crippen molar-refractivity contribution >= 4 is 11.7 Å². The molecular formula is C16H13N3O. The number of carbonyl (C=O) groups excluding carboxylic acids is 1. The van der Waals surface area contributed by atoms with Crippen LogP contribution in [0.4, 0.5) is 5.82 Å². The van der Waals surface area contributed by atoms with Gasteiger partial charge in [0.05, 0.1) is 11.0 Å². The highest BCUT2D eigenvalue weighted by molar-refractivity contribution is 6.01. The summed E-state index contributed by atoms with van der Waals surface area (Å²) < 4.78 is 0. The van der Waals surface area contributed by atoms with E-state index in [0.717, 1.165) is 18.4 Å². The Balaban J connectivity index is 1.86. The fourth-order valence-corrected chi connectivity index (χ4v) is 2.35. The lowest BCUT2D eigenvalue weighted by atomic mass is 9.95. The Morgan fingerprint density at radius 2 is 1.95 bits per heavy atom. The van der Waals surface area contributed by atoms with Crippen LogP contribution < -0.4 is 5.32 Å². The Bertz CT molecular complexity index is 684. The maximum absolute atomic E-state index is 12.5. The van der Waals surface area contributed by atoms with Crippen molar-refractivity contribution in [2.45, 2.75) is 18.3 Å². The number of rotatable bonds is 3. The van der Waals surface area contributed by atoms with E-state index in [-0.39, 0.29) is 5.91 Å². The molecule has 20 heavy (non-hydrogen) atoms. The van der Waals surface area contributed by atoms with Crippen molar-refractivity contribution in [2.75, 3.05) is 5.32 Å². The lowest BCUT2D eigenvalue weighted by molar-refractivity contribution is -0.118. The number of hydrogen-bond acceptors (Lipinski definition) is 3. The van der Waals surface area contributed by atoms with E-state index in [1.807, 2.05) is 36.4 Å². The maximum Gasteiger partial charge on any atom is 0.236 e. The second kappa shape index (κ2) is 4.78. The highest BCUT2D eigenvalue weighted by Gasteiger charge is 2.51. The van der Waals surface area contributed by atoms with Crippen molar-refractivity contribution in [3.05, 3.63) is 59.8 Å². The number of benzene rings is 1. The van der Waals surface area contributed by atoms with Crippen molar-refractivity contribution < 1.29 is 4.79 Å². The monoisotopic (exact) mass is 263 g/mol. The Morgan fingerprint density at radius 3 is 2.60 bits per heavy atom. The number of amides is 1. The molecule has 3 rings (SSSR count). The molecule has 2 aromatic rings. The lowest BCUT2D eigenvalue weighted by Gasteiger charge is -2.15. The van der Waals surface area contributed by atoms with Crippen molar-refractivity contribution in [1.29, 1.82) is 5.26 Å². The summed E-state index contributed by atoms with van der Waals surface area (Å²) in [6, 6.07) is 15.1. The minimum atomic E-state index is -0.453. The quantitative estimate of drug-likeness (QED) is 0.925. The molecule has 0 bridgehead atoms. The standard InChI is InChI=1S/C16H13N3O/c17-11-12-5-4-10-18-14(12)19-15(20)16(8-9-16)13-6-2-1-3-7-13/h1-7,10H,8-9H2,(H,18,19,20). The number of pyridine rings is 1. The SMILES string of the molecule is N#Cc1cccnc1NC(=O)C1(c2ccccc2)CC1. The number of carbonyl (C=O) groups is 1. The number of aromatic nitrogens is 1. The van der Waals surface area contributed by atoms with Crippen LogP contribution in [-0.2, 0) is 10.2 Å². The minimum Gasteiger partial charge on any atom is -0.309 e. The summed E-state index contributed by atoms with van der Waals surface area (Å²) in [5, 5.41) is 11.8. The number of hydrogen-bond donors (Lipinski definition) is 1. The number of nitrogens with zero attached hydrogens (tertiary/aromatic N) is 2. The summed E-state index contributed by atoms with van der Waals surface area (Å²) in [4.78, 5) is 16.6. The van der Waals surface area contributed by atoms with Crippen LogP contribution in [0.1, 0.15) is 24.0 Å². The summed E-state index contributed by atoms with van der Waals surface area (Å²) in [7, 11) is 0. The molecule has 1 amide bonds. The van der Waals surface area contributed by atoms with Gasteiger partial charge in [-0.3, -0.25) is 4.79 Å². The first kappa shape index (κ1) is 12.4. The normalized spacial score (nSPS) is 15.2. The zero-order valence-corrected chi connectivity index (χ0v) is 10.8. The van der Waals surface area contributed by atoms with E-state index in [1.54, 1.807) is 18.3 Å². The van der Waals surface area contributed by atoms with E-state index in [2.05, 4.69) is 10.3 Å². The summed E-state index contributed by atoms with van der Waals surface area (Å²) in [6.07, 6.45) is 3.23. The highest BCUT2D eigenvalue weighted by Crippen LogP contribution is 2.48. The smallest absolute Gasteiger partial charge is 0.236 e. The van der Waals surface area contributed by atoms with Crippen LogP contribution in [-0.4, -0.2) is 10.9 Å². The van der Waals surface area contributed by atoms with Gasteiger partial charge in [-0.05, 0) is 30.5 Å². The molecule has 0 saturated heterocycles. The third-order valence-electron chi connectivity index (χ3n) is 3.67. The van der Waals surface area contributed by atoms with Crippen LogP contribution in [0, 0.1) is 11.3 Å². The fourth-order valence-electron chi connectivity index (χ4n) is 2.35. The molecule has 1 aromatic heterocycles. The maximum atomic E-state index is 12.5. The molecule has 0 atom stereocenters. The van der Waals surface area contributed by atoms with Gasteiger partial charge < -0.3 is 5.32 Å². The highest BCUT2D eigenvalue weighted by atomic mass is 16.2. The molecule has 1 fully saturated rings. The van der Waals surface area contributed by atoms with Gasteiger partial charge in [-0.15, -0.1) is 0 Å². The largest absolute Gasteiger partial charge is 0.309 e. The van der Waals surface area contributed by atoms with E-state index < -0.39 is 5.41 Å². The fraction of sp³-hybridized carbons (Fsp3) is 0.188. The molecule has 1 N–H and O–H groups in total. The van der Waals surface area contributed by atoms with E-state index >= 15 is 0 Å². The zero-order chi connectivity index (χ0) is 14.0. The lowest BCUT2D eigenvalue weighted by Crippen LogP contribution is -2.28. The summed E-state index contributed by atoms with van der Waals surface area (Å²) in [6.45, 7) is 0. The molecule has 4 nitrogen and oxygen atoms in total.